The molecule has 3 N–H and O–H groups in total. The third-order valence-electron chi connectivity index (χ3n) is 11.2. The molecule has 2 unspecified atom stereocenters. The van der Waals surface area contributed by atoms with E-state index in [-0.39, 0.29) is 17.2 Å². The first-order valence-electron chi connectivity index (χ1n) is 16.4. The zero-order valence-electron chi connectivity index (χ0n) is 24.6. The summed E-state index contributed by atoms with van der Waals surface area (Å²) >= 11 is 0. The summed E-state index contributed by atoms with van der Waals surface area (Å²) in [7, 11) is 0. The topological polar surface area (TPSA) is 75.6 Å². The number of nitrogens with zero attached hydrogens (tertiary/aromatic N) is 3. The number of hydrogen-bond acceptors (Lipinski definition) is 5. The van der Waals surface area contributed by atoms with Crippen molar-refractivity contribution in [1.82, 2.24) is 19.8 Å². The van der Waals surface area contributed by atoms with Crippen LogP contribution in [0.15, 0.2) is 60.8 Å². The Kier molecular flexibility index (Phi) is 6.58. The summed E-state index contributed by atoms with van der Waals surface area (Å²) in [6.07, 6.45) is 24.7. The van der Waals surface area contributed by atoms with Gasteiger partial charge in [0.05, 0.1) is 22.9 Å². The van der Waals surface area contributed by atoms with Gasteiger partial charge in [0.2, 0.25) is 0 Å². The second kappa shape index (κ2) is 10.4. The lowest BCUT2D eigenvalue weighted by atomic mass is 9.54. The fraction of sp³-hybridized carbons (Fsp3) is 0.528. The van der Waals surface area contributed by atoms with E-state index in [1.807, 2.05) is 18.3 Å². The third-order valence-corrected chi connectivity index (χ3v) is 11.2. The fourth-order valence-electron chi connectivity index (χ4n) is 9.62. The van der Waals surface area contributed by atoms with Crippen LogP contribution in [0.4, 0.5) is 0 Å². The predicted octanol–water partition coefficient (Wildman–Crippen LogP) is 6.56. The van der Waals surface area contributed by atoms with E-state index in [1.54, 1.807) is 6.07 Å². The maximum atomic E-state index is 13.1. The molecule has 42 heavy (non-hydrogen) atoms. The van der Waals surface area contributed by atoms with Crippen molar-refractivity contribution in [2.75, 3.05) is 26.2 Å². The van der Waals surface area contributed by atoms with Crippen LogP contribution in [0, 0.1) is 11.3 Å². The van der Waals surface area contributed by atoms with Crippen molar-refractivity contribution in [2.45, 2.75) is 81.9 Å². The second-order valence-corrected chi connectivity index (χ2v) is 13.7. The number of aromatic hydroxyl groups is 1. The van der Waals surface area contributed by atoms with Crippen molar-refractivity contribution in [3.05, 3.63) is 66.5 Å². The Hall–Kier alpha value is -2.93. The first-order valence-corrected chi connectivity index (χ1v) is 16.4. The lowest BCUT2D eigenvalue weighted by Gasteiger charge is -2.58. The third kappa shape index (κ3) is 4.21. The fourth-order valence-corrected chi connectivity index (χ4v) is 9.62. The predicted molar refractivity (Wildman–Crippen MR) is 169 cm³/mol. The number of allylic oxidation sites excluding steroid dienone is 4. The monoisotopic (exact) mass is 564 g/mol. The number of benzene rings is 1. The Bertz CT molecular complexity index is 1590. The van der Waals surface area contributed by atoms with E-state index in [9.17, 15) is 10.2 Å². The van der Waals surface area contributed by atoms with Crippen LogP contribution in [-0.4, -0.2) is 73.8 Å². The lowest BCUT2D eigenvalue weighted by Crippen LogP contribution is -2.65. The molecule has 0 amide bonds. The molecular weight excluding hydrogens is 520 g/mol. The van der Waals surface area contributed by atoms with Crippen molar-refractivity contribution in [1.29, 1.82) is 0 Å². The second-order valence-electron chi connectivity index (χ2n) is 13.7. The molecule has 1 aromatic carbocycles. The average molecular weight is 565 g/mol. The molecule has 5 aliphatic rings. The highest BCUT2D eigenvalue weighted by atomic mass is 16.3. The highest BCUT2D eigenvalue weighted by Gasteiger charge is 2.65. The van der Waals surface area contributed by atoms with Gasteiger partial charge in [-0.2, -0.15) is 0 Å². The van der Waals surface area contributed by atoms with Gasteiger partial charge in [0.1, 0.15) is 5.75 Å². The summed E-state index contributed by atoms with van der Waals surface area (Å²) in [5.74, 6) is 0.606. The molecule has 6 heterocycles. The van der Waals surface area contributed by atoms with Crippen LogP contribution < -0.4 is 0 Å². The number of aliphatic hydroxyl groups is 1. The highest BCUT2D eigenvalue weighted by Crippen LogP contribution is 2.61. The molecule has 6 atom stereocenters. The van der Waals surface area contributed by atoms with Crippen LogP contribution in [0.25, 0.3) is 27.4 Å². The Balaban J connectivity index is 1.35. The van der Waals surface area contributed by atoms with Crippen molar-refractivity contribution in [3.63, 3.8) is 0 Å². The van der Waals surface area contributed by atoms with Crippen LogP contribution in [-0.2, 0) is 0 Å². The number of hydrogen-bond donors (Lipinski definition) is 3. The van der Waals surface area contributed by atoms with Gasteiger partial charge in [0.25, 0.3) is 0 Å². The molecule has 0 saturated carbocycles. The van der Waals surface area contributed by atoms with Gasteiger partial charge in [-0.15, -0.1) is 0 Å². The quantitative estimate of drug-likeness (QED) is 0.292. The first kappa shape index (κ1) is 26.7. The molecule has 3 aromatic rings. The normalized spacial score (nSPS) is 37.0. The van der Waals surface area contributed by atoms with E-state index < -0.39 is 5.60 Å². The molecule has 6 heteroatoms. The molecule has 2 saturated heterocycles. The van der Waals surface area contributed by atoms with Gasteiger partial charge < -0.3 is 20.1 Å². The van der Waals surface area contributed by atoms with Gasteiger partial charge in [-0.25, -0.2) is 0 Å². The Labute approximate surface area is 248 Å². The summed E-state index contributed by atoms with van der Waals surface area (Å²) in [4.78, 5) is 14.2. The molecule has 1 spiro atoms. The van der Waals surface area contributed by atoms with Crippen molar-refractivity contribution >= 4 is 27.4 Å². The number of aromatic nitrogens is 2. The van der Waals surface area contributed by atoms with Gasteiger partial charge in [0, 0.05) is 40.5 Å². The molecule has 8 rings (SSSR count). The largest absolute Gasteiger partial charge is 0.508 e. The standard InChI is InChI=1S/C36H44N4O2/c41-26-12-13-31-28(21-26)27-14-17-37-32(33(27)38-31)29-23-36(42)16-8-4-1-2-5-9-18-39-20-15-30(29)35(24-39)22-25-11-7-3-6-10-19-40(25)34(35)36/h1,4,7,11-14,17,21,23,25,30,34,38,41-42H,2-3,5-6,8-10,15-16,18-20,22,24H2/b4-1+,11-7-/t25-,30?,34+,35-,36-/m0/s1. The Morgan fingerprint density at radius 1 is 0.929 bits per heavy atom. The maximum Gasteiger partial charge on any atom is 0.116 e. The summed E-state index contributed by atoms with van der Waals surface area (Å²) in [5.41, 5.74) is 3.25. The van der Waals surface area contributed by atoms with Crippen LogP contribution in [0.1, 0.15) is 69.9 Å². The van der Waals surface area contributed by atoms with E-state index in [0.29, 0.717) is 12.0 Å². The number of pyridine rings is 1. The minimum absolute atomic E-state index is 0.0394. The lowest BCUT2D eigenvalue weighted by molar-refractivity contribution is -0.0894. The van der Waals surface area contributed by atoms with Crippen molar-refractivity contribution < 1.29 is 10.2 Å². The van der Waals surface area contributed by atoms with Crippen LogP contribution >= 0.6 is 0 Å². The SMILES string of the molecule is Oc1ccc2[nH]c3c(C4=C[C@@]5(O)CC/C=C/CCCCN6CCC4[C@]4(C[C@@H]7/C=C\CCCCN7[C@H]45)C6)nccc3c2c1. The zero-order chi connectivity index (χ0) is 28.3. The Morgan fingerprint density at radius 3 is 2.71 bits per heavy atom. The summed E-state index contributed by atoms with van der Waals surface area (Å²) in [5, 5.41) is 25.4. The van der Waals surface area contributed by atoms with Crippen molar-refractivity contribution in [2.24, 2.45) is 11.3 Å². The van der Waals surface area contributed by atoms with E-state index in [0.717, 1.165) is 92.2 Å². The van der Waals surface area contributed by atoms with Gasteiger partial charge in [0.15, 0.2) is 0 Å². The smallest absolute Gasteiger partial charge is 0.116 e. The van der Waals surface area contributed by atoms with Crippen LogP contribution in [0.3, 0.4) is 0 Å². The van der Waals surface area contributed by atoms with E-state index in [1.165, 1.54) is 31.3 Å². The molecule has 6 nitrogen and oxygen atoms in total. The Morgan fingerprint density at radius 2 is 1.79 bits per heavy atom. The molecule has 0 radical (unpaired) electrons. The number of nitrogens with one attached hydrogen (secondary N) is 1. The molecule has 2 fully saturated rings. The maximum absolute atomic E-state index is 13.1. The van der Waals surface area contributed by atoms with Crippen molar-refractivity contribution in [3.8, 4) is 5.75 Å². The number of phenols is 1. The molecule has 4 aliphatic heterocycles. The summed E-state index contributed by atoms with van der Waals surface area (Å²) in [6.45, 7) is 4.36. The first-order chi connectivity index (χ1) is 20.6. The summed E-state index contributed by atoms with van der Waals surface area (Å²) < 4.78 is 0. The zero-order valence-corrected chi connectivity index (χ0v) is 24.6. The van der Waals surface area contributed by atoms with Crippen LogP contribution in [0.2, 0.25) is 0 Å². The number of piperidine rings is 1. The van der Waals surface area contributed by atoms with E-state index in [4.69, 9.17) is 4.98 Å². The van der Waals surface area contributed by atoms with E-state index in [2.05, 4.69) is 51.2 Å². The number of H-pyrrole nitrogens is 1. The minimum Gasteiger partial charge on any atom is -0.508 e. The van der Waals surface area contributed by atoms with Gasteiger partial charge in [-0.05, 0) is 126 Å². The van der Waals surface area contributed by atoms with Gasteiger partial charge in [-0.3, -0.25) is 9.88 Å². The van der Waals surface area contributed by atoms with Gasteiger partial charge >= 0.3 is 0 Å². The van der Waals surface area contributed by atoms with Crippen LogP contribution in [0.5, 0.6) is 5.75 Å². The molecular formula is C36H44N4O2. The molecule has 220 valence electrons. The van der Waals surface area contributed by atoms with Gasteiger partial charge in [-0.1, -0.05) is 24.3 Å². The molecule has 3 bridgehead atoms. The number of rotatable bonds is 1. The van der Waals surface area contributed by atoms with E-state index >= 15 is 0 Å². The minimum atomic E-state index is -0.941. The average Bonchev–Trinajstić information content (AvgIpc) is 3.48. The summed E-state index contributed by atoms with van der Waals surface area (Å²) in [6, 6.07) is 8.08. The highest BCUT2D eigenvalue weighted by molar-refractivity contribution is 6.10. The molecule has 2 aromatic heterocycles. The number of fused-ring (bicyclic) bond motifs is 5. The number of phenolic OH excluding ortho intramolecular Hbond substituents is 1. The molecule has 1 aliphatic carbocycles. The number of aromatic amines is 1.